The summed E-state index contributed by atoms with van der Waals surface area (Å²) >= 11 is 6.03. The molecule has 0 atom stereocenters. The minimum atomic E-state index is -0.575. The number of nitrogens with one attached hydrogen (secondary N) is 2. The number of halogens is 1. The van der Waals surface area contributed by atoms with Crippen molar-refractivity contribution in [2.24, 2.45) is 0 Å². The third kappa shape index (κ3) is 5.24. The average Bonchev–Trinajstić information content (AvgIpc) is 3.24. The van der Waals surface area contributed by atoms with Crippen molar-refractivity contribution in [1.82, 2.24) is 25.1 Å². The number of amides is 1. The van der Waals surface area contributed by atoms with Crippen LogP contribution in [0.4, 0.5) is 11.5 Å². The van der Waals surface area contributed by atoms with Crippen molar-refractivity contribution < 1.29 is 9.72 Å². The lowest BCUT2D eigenvalue weighted by molar-refractivity contribution is -0.384. The molecule has 2 aromatic carbocycles. The molecule has 1 amide bonds. The second-order valence-electron chi connectivity index (χ2n) is 7.17. The maximum absolute atomic E-state index is 12.4. The number of aromatic nitrogens is 4. The summed E-state index contributed by atoms with van der Waals surface area (Å²) < 4.78 is 1.66. The van der Waals surface area contributed by atoms with Gasteiger partial charge in [0.05, 0.1) is 33.6 Å². The van der Waals surface area contributed by atoms with E-state index in [-0.39, 0.29) is 22.8 Å². The Hall–Kier alpha value is -4.05. The van der Waals surface area contributed by atoms with E-state index in [9.17, 15) is 14.9 Å². The van der Waals surface area contributed by atoms with Gasteiger partial charge in [0, 0.05) is 25.2 Å². The second-order valence-corrected chi connectivity index (χ2v) is 7.57. The van der Waals surface area contributed by atoms with Crippen molar-refractivity contribution >= 4 is 40.0 Å². The van der Waals surface area contributed by atoms with Crippen molar-refractivity contribution in [2.45, 2.75) is 13.0 Å². The molecule has 0 fully saturated rings. The van der Waals surface area contributed by atoms with Gasteiger partial charge in [-0.2, -0.15) is 5.10 Å². The van der Waals surface area contributed by atoms with Crippen LogP contribution < -0.4 is 10.6 Å². The summed E-state index contributed by atoms with van der Waals surface area (Å²) in [5.74, 6) is 0.188. The van der Waals surface area contributed by atoms with Crippen LogP contribution in [-0.4, -0.2) is 43.7 Å². The highest BCUT2D eigenvalue weighted by Gasteiger charge is 2.16. The Morgan fingerprint density at radius 2 is 1.94 bits per heavy atom. The van der Waals surface area contributed by atoms with Gasteiger partial charge in [0.1, 0.15) is 12.1 Å². The van der Waals surface area contributed by atoms with E-state index in [1.807, 2.05) is 18.2 Å². The summed E-state index contributed by atoms with van der Waals surface area (Å²) in [6, 6.07) is 13.9. The number of fused-ring (bicyclic) bond motifs is 1. The topological polar surface area (TPSA) is 128 Å². The van der Waals surface area contributed by atoms with Crippen molar-refractivity contribution in [1.29, 1.82) is 0 Å². The van der Waals surface area contributed by atoms with Crippen LogP contribution >= 0.6 is 11.6 Å². The first-order valence-electron chi connectivity index (χ1n) is 10.2. The predicted octanol–water partition coefficient (Wildman–Crippen LogP) is 3.47. The van der Waals surface area contributed by atoms with Crippen molar-refractivity contribution in [3.63, 3.8) is 0 Å². The Balaban J connectivity index is 1.38. The van der Waals surface area contributed by atoms with Gasteiger partial charge in [-0.15, -0.1) is 0 Å². The minimum absolute atomic E-state index is 0.0448. The normalized spacial score (nSPS) is 10.8. The van der Waals surface area contributed by atoms with E-state index >= 15 is 0 Å². The zero-order chi connectivity index (χ0) is 23.2. The highest BCUT2D eigenvalue weighted by atomic mass is 35.5. The Labute approximate surface area is 193 Å². The summed E-state index contributed by atoms with van der Waals surface area (Å²) in [7, 11) is 0. The maximum Gasteiger partial charge on any atom is 0.270 e. The molecule has 4 rings (SSSR count). The molecule has 0 aliphatic heterocycles. The number of nitro benzene ring substituents is 1. The molecule has 0 unspecified atom stereocenters. The van der Waals surface area contributed by atoms with Gasteiger partial charge < -0.3 is 10.6 Å². The van der Waals surface area contributed by atoms with E-state index in [0.29, 0.717) is 24.6 Å². The Kier molecular flexibility index (Phi) is 6.75. The van der Waals surface area contributed by atoms with E-state index in [1.165, 1.54) is 24.0 Å². The molecule has 0 bridgehead atoms. The fourth-order valence-corrected chi connectivity index (χ4v) is 3.54. The van der Waals surface area contributed by atoms with Gasteiger partial charge >= 0.3 is 0 Å². The fraction of sp³-hybridized carbons (Fsp3) is 0.182. The molecule has 11 heteroatoms. The monoisotopic (exact) mass is 465 g/mol. The summed E-state index contributed by atoms with van der Waals surface area (Å²) in [5.41, 5.74) is 1.70. The lowest BCUT2D eigenvalue weighted by Gasteiger charge is -2.08. The van der Waals surface area contributed by atoms with E-state index in [4.69, 9.17) is 11.6 Å². The lowest BCUT2D eigenvalue weighted by atomic mass is 10.1. The summed E-state index contributed by atoms with van der Waals surface area (Å²) in [6.45, 7) is 1.29. The molecule has 2 aromatic heterocycles. The molecule has 0 aliphatic rings. The van der Waals surface area contributed by atoms with Crippen LogP contribution in [0.25, 0.3) is 11.0 Å². The fourth-order valence-electron chi connectivity index (χ4n) is 3.34. The number of nitrogens with zero attached hydrogens (tertiary/aromatic N) is 5. The number of carbonyl (C=O) groups is 1. The number of hydrogen-bond acceptors (Lipinski definition) is 7. The first-order valence-corrected chi connectivity index (χ1v) is 10.6. The van der Waals surface area contributed by atoms with Gasteiger partial charge in [-0.3, -0.25) is 14.9 Å². The van der Waals surface area contributed by atoms with Gasteiger partial charge in [0.2, 0.25) is 0 Å². The molecular weight excluding hydrogens is 446 g/mol. The van der Waals surface area contributed by atoms with Crippen LogP contribution in [0.3, 0.4) is 0 Å². The number of benzene rings is 2. The van der Waals surface area contributed by atoms with Gasteiger partial charge in [0.25, 0.3) is 11.6 Å². The van der Waals surface area contributed by atoms with E-state index < -0.39 is 10.8 Å². The molecule has 0 spiro atoms. The predicted molar refractivity (Wildman–Crippen MR) is 124 cm³/mol. The molecule has 0 aliphatic carbocycles. The summed E-state index contributed by atoms with van der Waals surface area (Å²) in [5, 5.41) is 22.3. The first-order chi connectivity index (χ1) is 16.0. The van der Waals surface area contributed by atoms with E-state index in [2.05, 4.69) is 37.8 Å². The highest BCUT2D eigenvalue weighted by molar-refractivity contribution is 6.33. The summed E-state index contributed by atoms with van der Waals surface area (Å²) in [6.07, 6.45) is 4.00. The van der Waals surface area contributed by atoms with Gasteiger partial charge in [-0.1, -0.05) is 41.9 Å². The zero-order valence-corrected chi connectivity index (χ0v) is 18.2. The number of rotatable bonds is 9. The first kappa shape index (κ1) is 22.2. The smallest absolute Gasteiger partial charge is 0.270 e. The molecule has 0 radical (unpaired) electrons. The molecule has 2 heterocycles. The van der Waals surface area contributed by atoms with Crippen molar-refractivity contribution in [2.75, 3.05) is 18.4 Å². The number of nitro groups is 1. The Bertz CT molecular complexity index is 1290. The number of anilines is 1. The number of hydrogen-bond donors (Lipinski definition) is 2. The van der Waals surface area contributed by atoms with E-state index in [1.54, 1.807) is 10.9 Å². The lowest BCUT2D eigenvalue weighted by Crippen LogP contribution is -2.27. The van der Waals surface area contributed by atoms with Gasteiger partial charge in [0.15, 0.2) is 5.65 Å². The van der Waals surface area contributed by atoms with Crippen molar-refractivity contribution in [3.8, 4) is 0 Å². The van der Waals surface area contributed by atoms with Crippen LogP contribution in [0.1, 0.15) is 15.9 Å². The summed E-state index contributed by atoms with van der Waals surface area (Å²) in [4.78, 5) is 31.4. The number of non-ortho nitro benzene ring substituents is 1. The van der Waals surface area contributed by atoms with Gasteiger partial charge in [-0.05, 0) is 18.1 Å². The largest absolute Gasteiger partial charge is 0.369 e. The van der Waals surface area contributed by atoms with Gasteiger partial charge in [-0.25, -0.2) is 14.6 Å². The molecule has 4 aromatic rings. The SMILES string of the molecule is O=C(NCCn1ncc2c(NCCc3ccccc3)ncnc21)c1cc([N+](=O)[O-])ccc1Cl. The maximum atomic E-state index is 12.4. The average molecular weight is 466 g/mol. The molecule has 10 nitrogen and oxygen atoms in total. The van der Waals surface area contributed by atoms with Crippen molar-refractivity contribution in [3.05, 3.63) is 87.3 Å². The molecule has 168 valence electrons. The standard InChI is InChI=1S/C22H20ClN7O3/c23-19-7-6-16(30(32)33)12-17(19)22(31)25-10-11-29-21-18(13-28-29)20(26-14-27-21)24-9-8-15-4-2-1-3-5-15/h1-7,12-14H,8-11H2,(H,25,31)(H,24,26,27). The third-order valence-electron chi connectivity index (χ3n) is 5.00. The zero-order valence-electron chi connectivity index (χ0n) is 17.4. The van der Waals surface area contributed by atoms with Crippen LogP contribution in [0.15, 0.2) is 61.1 Å². The molecule has 33 heavy (non-hydrogen) atoms. The Morgan fingerprint density at radius 1 is 1.12 bits per heavy atom. The molecule has 2 N–H and O–H groups in total. The minimum Gasteiger partial charge on any atom is -0.369 e. The molecular formula is C22H20ClN7O3. The Morgan fingerprint density at radius 3 is 2.73 bits per heavy atom. The van der Waals surface area contributed by atoms with E-state index in [0.717, 1.165) is 17.9 Å². The molecule has 0 saturated heterocycles. The third-order valence-corrected chi connectivity index (χ3v) is 5.33. The quantitative estimate of drug-likeness (QED) is 0.286. The van der Waals surface area contributed by atoms with Crippen LogP contribution in [0.2, 0.25) is 5.02 Å². The highest BCUT2D eigenvalue weighted by Crippen LogP contribution is 2.22. The number of carbonyl (C=O) groups excluding carboxylic acids is 1. The van der Waals surface area contributed by atoms with Crippen LogP contribution in [0, 0.1) is 10.1 Å². The van der Waals surface area contributed by atoms with Crippen LogP contribution in [0.5, 0.6) is 0 Å². The van der Waals surface area contributed by atoms with Crippen LogP contribution in [-0.2, 0) is 13.0 Å². The molecule has 0 saturated carbocycles. The second kappa shape index (κ2) is 10.0.